The summed E-state index contributed by atoms with van der Waals surface area (Å²) in [6.45, 7) is 5.67. The van der Waals surface area contributed by atoms with Gasteiger partial charge in [-0.1, -0.05) is 48.0 Å². The second-order valence-electron chi connectivity index (χ2n) is 7.96. The van der Waals surface area contributed by atoms with Crippen LogP contribution in [-0.4, -0.2) is 29.9 Å². The van der Waals surface area contributed by atoms with E-state index in [-0.39, 0.29) is 24.5 Å². The number of hydrogen-bond donors (Lipinski definition) is 1. The number of benzene rings is 2. The van der Waals surface area contributed by atoms with E-state index in [2.05, 4.69) is 0 Å². The van der Waals surface area contributed by atoms with Gasteiger partial charge in [0.25, 0.3) is 0 Å². The number of aryl methyl sites for hydroxylation is 1. The van der Waals surface area contributed by atoms with Gasteiger partial charge < -0.3 is 10.1 Å². The molecule has 0 bridgehead atoms. The summed E-state index contributed by atoms with van der Waals surface area (Å²) in [4.78, 5) is 41.0. The fourth-order valence-corrected chi connectivity index (χ4v) is 4.67. The molecule has 4 rings (SSSR count). The number of ether oxygens (including phenoxy) is 1. The van der Waals surface area contributed by atoms with Crippen LogP contribution in [0.4, 0.5) is 5.69 Å². The monoisotopic (exact) mass is 393 g/mol. The minimum absolute atomic E-state index is 0.222. The molecule has 150 valence electrons. The number of amides is 2. The van der Waals surface area contributed by atoms with Crippen molar-refractivity contribution in [2.75, 3.05) is 11.5 Å². The topological polar surface area (TPSA) is 80.3 Å². The fraction of sp³-hybridized carbons (Fsp3) is 0.348. The summed E-state index contributed by atoms with van der Waals surface area (Å²) in [5.41, 5.74) is 1.41. The van der Waals surface area contributed by atoms with E-state index in [0.29, 0.717) is 5.69 Å². The van der Waals surface area contributed by atoms with Crippen LogP contribution in [-0.2, 0) is 19.1 Å². The van der Waals surface area contributed by atoms with Crippen molar-refractivity contribution >= 4 is 23.5 Å². The van der Waals surface area contributed by atoms with Gasteiger partial charge in [-0.3, -0.25) is 9.59 Å². The molecule has 6 heteroatoms. The largest absolute Gasteiger partial charge is 0.461 e. The second kappa shape index (κ2) is 7.12. The summed E-state index contributed by atoms with van der Waals surface area (Å²) in [5.74, 6) is -2.46. The van der Waals surface area contributed by atoms with E-state index in [1.165, 1.54) is 4.90 Å². The quantitative estimate of drug-likeness (QED) is 0.634. The zero-order valence-electron chi connectivity index (χ0n) is 16.8. The third-order valence-electron chi connectivity index (χ3n) is 6.10. The van der Waals surface area contributed by atoms with Crippen LogP contribution in [0.5, 0.6) is 0 Å². The highest BCUT2D eigenvalue weighted by molar-refractivity contribution is 6.23. The van der Waals surface area contributed by atoms with Crippen LogP contribution >= 0.6 is 0 Å². The van der Waals surface area contributed by atoms with Crippen LogP contribution in [0.3, 0.4) is 0 Å². The molecule has 0 radical (unpaired) electrons. The Morgan fingerprint density at radius 1 is 1.07 bits per heavy atom. The molecule has 0 unspecified atom stereocenters. The first kappa shape index (κ1) is 19.3. The van der Waals surface area contributed by atoms with E-state index in [9.17, 15) is 14.4 Å². The van der Waals surface area contributed by atoms with Crippen molar-refractivity contribution in [3.63, 3.8) is 0 Å². The zero-order valence-corrected chi connectivity index (χ0v) is 16.8. The Bertz CT molecular complexity index is 957. The maximum atomic E-state index is 13.4. The molecule has 2 saturated heterocycles. The molecule has 29 heavy (non-hydrogen) atoms. The van der Waals surface area contributed by atoms with Gasteiger partial charge in [-0.2, -0.15) is 0 Å². The average molecular weight is 393 g/mol. The molecule has 2 aliphatic heterocycles. The maximum absolute atomic E-state index is 13.4. The van der Waals surface area contributed by atoms with Crippen LogP contribution in [0.2, 0.25) is 0 Å². The molecule has 4 atom stereocenters. The van der Waals surface area contributed by atoms with Crippen molar-refractivity contribution in [2.45, 2.75) is 32.4 Å². The Hall–Kier alpha value is -2.99. The van der Waals surface area contributed by atoms with E-state index < -0.39 is 23.3 Å². The van der Waals surface area contributed by atoms with Crippen molar-refractivity contribution in [1.29, 1.82) is 0 Å². The first-order chi connectivity index (χ1) is 13.9. The number of hydrogen-bond acceptors (Lipinski definition) is 4. The zero-order chi connectivity index (χ0) is 20.8. The number of rotatable bonds is 4. The van der Waals surface area contributed by atoms with Gasteiger partial charge in [0.1, 0.15) is 17.9 Å². The standard InChI is InChI=1S/C23H24N2O4/c1-4-29-22(28)23(3)18-17(19(24-23)15-12-10-14(2)11-13-15)20(26)25(21(18)27)16-8-6-5-7-9-16/h5-13,17-19,24H,4H2,1-3H3/p+1/t17-,18-,19-,23+/m0/s1. The van der Waals surface area contributed by atoms with Crippen molar-refractivity contribution in [3.05, 3.63) is 65.7 Å². The highest BCUT2D eigenvalue weighted by Gasteiger charge is 2.70. The SMILES string of the molecule is CCOC(=O)[C@]1(C)[NH2+][C@@H](c2ccc(C)cc2)[C@H]2C(=O)N(c3ccccc3)C(=O)[C@H]21. The highest BCUT2D eigenvalue weighted by Crippen LogP contribution is 2.45. The minimum atomic E-state index is -1.16. The van der Waals surface area contributed by atoms with Crippen molar-refractivity contribution in [2.24, 2.45) is 11.8 Å². The lowest BCUT2D eigenvalue weighted by molar-refractivity contribution is -0.731. The van der Waals surface area contributed by atoms with E-state index in [1.54, 1.807) is 38.1 Å². The van der Waals surface area contributed by atoms with Gasteiger partial charge in [0, 0.05) is 12.5 Å². The van der Waals surface area contributed by atoms with Gasteiger partial charge in [-0.15, -0.1) is 0 Å². The number of carbonyl (C=O) groups is 3. The number of fused-ring (bicyclic) bond motifs is 1. The lowest BCUT2D eigenvalue weighted by Gasteiger charge is -2.26. The molecule has 2 fully saturated rings. The van der Waals surface area contributed by atoms with Gasteiger partial charge in [0.05, 0.1) is 12.3 Å². The highest BCUT2D eigenvalue weighted by atomic mass is 16.5. The smallest absolute Gasteiger partial charge is 0.368 e. The molecular weight excluding hydrogens is 368 g/mol. The van der Waals surface area contributed by atoms with Crippen LogP contribution < -0.4 is 10.2 Å². The van der Waals surface area contributed by atoms with E-state index >= 15 is 0 Å². The Balaban J connectivity index is 1.81. The number of para-hydroxylation sites is 1. The maximum Gasteiger partial charge on any atom is 0.368 e. The minimum Gasteiger partial charge on any atom is -0.461 e. The normalized spacial score (nSPS) is 28.5. The molecule has 2 amide bonds. The fourth-order valence-electron chi connectivity index (χ4n) is 4.67. The van der Waals surface area contributed by atoms with Crippen molar-refractivity contribution in [1.82, 2.24) is 0 Å². The Kier molecular flexibility index (Phi) is 4.74. The molecule has 0 saturated carbocycles. The van der Waals surface area contributed by atoms with Gasteiger partial charge in [0.2, 0.25) is 17.4 Å². The Morgan fingerprint density at radius 3 is 2.34 bits per heavy atom. The number of anilines is 1. The molecule has 2 aromatic carbocycles. The predicted molar refractivity (Wildman–Crippen MR) is 107 cm³/mol. The van der Waals surface area contributed by atoms with Gasteiger partial charge in [-0.25, -0.2) is 9.69 Å². The molecule has 2 N–H and O–H groups in total. The summed E-state index contributed by atoms with van der Waals surface area (Å²) in [5, 5.41) is 1.85. The number of nitrogens with zero attached hydrogens (tertiary/aromatic N) is 1. The number of carbonyl (C=O) groups excluding carboxylic acids is 3. The Morgan fingerprint density at radius 2 is 1.72 bits per heavy atom. The first-order valence-corrected chi connectivity index (χ1v) is 9.91. The lowest BCUT2D eigenvalue weighted by Crippen LogP contribution is -2.97. The summed E-state index contributed by atoms with van der Waals surface area (Å²) < 4.78 is 5.31. The van der Waals surface area contributed by atoms with E-state index in [0.717, 1.165) is 11.1 Å². The molecule has 2 aromatic rings. The summed E-state index contributed by atoms with van der Waals surface area (Å²) in [6.07, 6.45) is 0. The first-order valence-electron chi connectivity index (χ1n) is 9.91. The lowest BCUT2D eigenvalue weighted by atomic mass is 9.80. The number of nitrogens with two attached hydrogens (primary N) is 1. The molecular formula is C23H25N2O4+. The van der Waals surface area contributed by atoms with Gasteiger partial charge >= 0.3 is 5.97 Å². The summed E-state index contributed by atoms with van der Waals surface area (Å²) >= 11 is 0. The van der Waals surface area contributed by atoms with Crippen LogP contribution in [0, 0.1) is 18.8 Å². The number of imide groups is 1. The number of esters is 1. The summed E-state index contributed by atoms with van der Waals surface area (Å²) in [6, 6.07) is 16.5. The van der Waals surface area contributed by atoms with E-state index in [1.807, 2.05) is 42.6 Å². The van der Waals surface area contributed by atoms with Crippen molar-refractivity contribution in [3.8, 4) is 0 Å². The summed E-state index contributed by atoms with van der Waals surface area (Å²) in [7, 11) is 0. The van der Waals surface area contributed by atoms with Gasteiger partial charge in [0.15, 0.2) is 0 Å². The molecule has 0 aliphatic carbocycles. The molecule has 2 aliphatic rings. The third kappa shape index (κ3) is 2.95. The molecule has 0 aromatic heterocycles. The van der Waals surface area contributed by atoms with E-state index in [4.69, 9.17) is 4.74 Å². The molecule has 6 nitrogen and oxygen atoms in total. The van der Waals surface area contributed by atoms with Crippen LogP contribution in [0.15, 0.2) is 54.6 Å². The van der Waals surface area contributed by atoms with Crippen molar-refractivity contribution < 1.29 is 24.4 Å². The molecule has 0 spiro atoms. The Labute approximate surface area is 169 Å². The average Bonchev–Trinajstić information content (AvgIpc) is 3.17. The second-order valence-corrected chi connectivity index (χ2v) is 7.96. The van der Waals surface area contributed by atoms with Crippen LogP contribution in [0.25, 0.3) is 0 Å². The predicted octanol–water partition coefficient (Wildman–Crippen LogP) is 1.74. The van der Waals surface area contributed by atoms with Crippen LogP contribution in [0.1, 0.15) is 31.0 Å². The molecule has 2 heterocycles. The van der Waals surface area contributed by atoms with Gasteiger partial charge in [-0.05, 0) is 26.0 Å². The third-order valence-corrected chi connectivity index (χ3v) is 6.10. The number of quaternary nitrogens is 1.